The summed E-state index contributed by atoms with van der Waals surface area (Å²) in [5, 5.41) is 56.7. The third-order valence-electron chi connectivity index (χ3n) is 16.0. The number of ether oxygens (including phenoxy) is 2. The Labute approximate surface area is 430 Å². The Morgan fingerprint density at radius 3 is 1.15 bits per heavy atom. The van der Waals surface area contributed by atoms with E-state index in [2.05, 4.69) is 30.3 Å². The van der Waals surface area contributed by atoms with Crippen molar-refractivity contribution in [1.29, 1.82) is 0 Å². The topological polar surface area (TPSA) is 79.2 Å². The molecule has 1 saturated heterocycles. The molecule has 12 aromatic rings. The van der Waals surface area contributed by atoms with E-state index in [-0.39, 0.29) is 6.42 Å². The van der Waals surface area contributed by atoms with Gasteiger partial charge in [0.25, 0.3) is 0 Å². The van der Waals surface area contributed by atoms with E-state index >= 15 is 15.3 Å². The van der Waals surface area contributed by atoms with Gasteiger partial charge in [-0.25, -0.2) is 0 Å². The van der Waals surface area contributed by atoms with Crippen molar-refractivity contribution in [3.05, 3.63) is 288 Å². The van der Waals surface area contributed by atoms with Crippen molar-refractivity contribution in [3.63, 3.8) is 0 Å². The Hall–Kier alpha value is -8.00. The second kappa shape index (κ2) is 17.3. The number of hydrogen-bond acceptors (Lipinski definition) is 5. The Kier molecular flexibility index (Phi) is 10.7. The van der Waals surface area contributed by atoms with Gasteiger partial charge in [-0.2, -0.15) is 0 Å². The molecule has 5 nitrogen and oxygen atoms in total. The molecule has 0 spiro atoms. The molecule has 0 amide bonds. The predicted molar refractivity (Wildman–Crippen MR) is 300 cm³/mol. The van der Waals surface area contributed by atoms with Crippen LogP contribution in [0.3, 0.4) is 0 Å². The number of benzene rings is 12. The number of aliphatic hydroxyl groups is 3. The van der Waals surface area contributed by atoms with Crippen LogP contribution in [0.2, 0.25) is 0 Å². The lowest BCUT2D eigenvalue weighted by Gasteiger charge is -2.54. The van der Waals surface area contributed by atoms with Crippen molar-refractivity contribution in [3.8, 4) is 0 Å². The molecule has 0 radical (unpaired) electrons. The second-order valence-electron chi connectivity index (χ2n) is 20.6. The molecular weight excluding hydrogens is 909 g/mol. The first kappa shape index (κ1) is 45.8. The molecule has 3 N–H and O–H groups in total. The molecule has 74 heavy (non-hydrogen) atoms. The van der Waals surface area contributed by atoms with E-state index in [1.165, 1.54) is 0 Å². The molecule has 5 heteroatoms. The summed E-state index contributed by atoms with van der Waals surface area (Å²) < 4.78 is 15.6. The predicted octanol–water partition coefficient (Wildman–Crippen LogP) is 15.0. The van der Waals surface area contributed by atoms with Crippen LogP contribution in [-0.2, 0) is 26.3 Å². The monoisotopic (exact) mass is 962 g/mol. The molecule has 3 atom stereocenters. The Morgan fingerprint density at radius 2 is 0.703 bits per heavy atom. The first-order valence-corrected chi connectivity index (χ1v) is 25.5. The van der Waals surface area contributed by atoms with E-state index in [4.69, 9.17) is 9.47 Å². The van der Waals surface area contributed by atoms with Crippen LogP contribution in [0.4, 0.5) is 0 Å². The van der Waals surface area contributed by atoms with Gasteiger partial charge in [-0.3, -0.25) is 0 Å². The zero-order valence-electron chi connectivity index (χ0n) is 41.2. The minimum Gasteiger partial charge on any atom is -0.380 e. The summed E-state index contributed by atoms with van der Waals surface area (Å²) in [6, 6.07) is 84.6. The van der Waals surface area contributed by atoms with Crippen LogP contribution in [0.25, 0.3) is 64.6 Å². The second-order valence-corrected chi connectivity index (χ2v) is 20.6. The van der Waals surface area contributed by atoms with Gasteiger partial charge in [-0.05, 0) is 118 Å². The average Bonchev–Trinajstić information content (AvgIpc) is 3.74. The van der Waals surface area contributed by atoms with Crippen LogP contribution in [-0.4, -0.2) is 32.8 Å². The lowest BCUT2D eigenvalue weighted by Crippen LogP contribution is -2.66. The summed E-state index contributed by atoms with van der Waals surface area (Å²) in [5.41, 5.74) is -5.16. The zero-order chi connectivity index (χ0) is 50.3. The Morgan fingerprint density at radius 1 is 0.365 bits per heavy atom. The van der Waals surface area contributed by atoms with E-state index in [1.807, 2.05) is 238 Å². The molecule has 12 aromatic carbocycles. The summed E-state index contributed by atoms with van der Waals surface area (Å²) in [5.74, 6) is -1.51. The summed E-state index contributed by atoms with van der Waals surface area (Å²) in [4.78, 5) is 0. The fraction of sp³-hybridized carbons (Fsp3) is 0.130. The highest BCUT2D eigenvalue weighted by atomic mass is 16.8. The molecule has 1 unspecified atom stereocenters. The minimum atomic E-state index is -2.26. The van der Waals surface area contributed by atoms with Gasteiger partial charge in [0, 0.05) is 6.42 Å². The number of hydrogen-bond donors (Lipinski definition) is 3. The van der Waals surface area contributed by atoms with Gasteiger partial charge in [0.05, 0.1) is 0 Å². The summed E-state index contributed by atoms with van der Waals surface area (Å²) >= 11 is 0. The van der Waals surface area contributed by atoms with Gasteiger partial charge in [0.1, 0.15) is 28.5 Å². The highest BCUT2D eigenvalue weighted by molar-refractivity contribution is 5.94. The van der Waals surface area contributed by atoms with Gasteiger partial charge in [0.2, 0.25) is 0 Å². The van der Waals surface area contributed by atoms with E-state index < -0.39 is 34.3 Å². The number of rotatable bonds is 10. The highest BCUT2D eigenvalue weighted by Crippen LogP contribution is 2.63. The summed E-state index contributed by atoms with van der Waals surface area (Å²) in [7, 11) is 0. The smallest absolute Gasteiger partial charge is 0.164 e. The molecule has 1 fully saturated rings. The summed E-state index contributed by atoms with van der Waals surface area (Å²) in [6.45, 7) is 3.71. The quantitative estimate of drug-likeness (QED) is 0.127. The van der Waals surface area contributed by atoms with E-state index in [9.17, 15) is 0 Å². The standard InChI is InChI=1S/C69H54O5/c1-65(2)73-64(68(71,53-43-42-46-20-3-4-26-52(46)44-53)61-39-17-29-49-23-7-12-34-56(49)61)67(74-65,69(72,62-40-18-30-50-24-8-13-35-57(50)62)63-41-19-31-51-25-9-14-36-58(51)63)45-66(70,59-37-15-27-47-21-5-10-32-54(47)59)60-38-16-28-48-22-6-11-33-55(48)60/h3-44,64,70-72H,45H2,1-2H3/t64-,67-,68?/m0/s1. The van der Waals surface area contributed by atoms with Gasteiger partial charge in [-0.15, -0.1) is 0 Å². The van der Waals surface area contributed by atoms with E-state index in [0.29, 0.717) is 33.4 Å². The van der Waals surface area contributed by atoms with Crippen LogP contribution in [0.5, 0.6) is 0 Å². The Balaban J connectivity index is 1.25. The summed E-state index contributed by atoms with van der Waals surface area (Å²) in [6.07, 6.45) is -1.82. The highest BCUT2D eigenvalue weighted by Gasteiger charge is 2.73. The van der Waals surface area contributed by atoms with Gasteiger partial charge >= 0.3 is 0 Å². The van der Waals surface area contributed by atoms with E-state index in [0.717, 1.165) is 64.6 Å². The molecule has 13 rings (SSSR count). The van der Waals surface area contributed by atoms with Crippen molar-refractivity contribution in [2.24, 2.45) is 0 Å². The van der Waals surface area contributed by atoms with Crippen molar-refractivity contribution >= 4 is 64.6 Å². The molecule has 0 aliphatic carbocycles. The van der Waals surface area contributed by atoms with Crippen molar-refractivity contribution in [1.82, 2.24) is 0 Å². The minimum absolute atomic E-state index is 0.334. The van der Waals surface area contributed by atoms with Crippen LogP contribution in [0, 0.1) is 0 Å². The SMILES string of the molecule is CC1(C)O[C@H](C(O)(c2ccc3ccccc3c2)c2cccc3ccccc23)[C@@](CC(O)(c2cccc3ccccc23)c2cccc3ccccc23)(C(O)(c2cccc3ccccc23)c2cccc3ccccc23)O1. The fourth-order valence-electron chi connectivity index (χ4n) is 12.8. The maximum Gasteiger partial charge on any atom is 0.164 e. The first-order chi connectivity index (χ1) is 36.0. The Bertz CT molecular complexity index is 3960. The third-order valence-corrected chi connectivity index (χ3v) is 16.0. The average molecular weight is 963 g/mol. The van der Waals surface area contributed by atoms with Gasteiger partial charge in [0.15, 0.2) is 5.79 Å². The molecule has 0 bridgehead atoms. The first-order valence-electron chi connectivity index (χ1n) is 25.5. The zero-order valence-corrected chi connectivity index (χ0v) is 41.2. The van der Waals surface area contributed by atoms with Crippen LogP contribution in [0.15, 0.2) is 255 Å². The van der Waals surface area contributed by atoms with Crippen molar-refractivity contribution in [2.45, 2.75) is 54.6 Å². The van der Waals surface area contributed by atoms with Crippen LogP contribution < -0.4 is 0 Å². The van der Waals surface area contributed by atoms with Crippen LogP contribution >= 0.6 is 0 Å². The fourth-order valence-corrected chi connectivity index (χ4v) is 12.8. The molecule has 1 heterocycles. The molecule has 0 aromatic heterocycles. The molecular formula is C69H54O5. The largest absolute Gasteiger partial charge is 0.380 e. The van der Waals surface area contributed by atoms with E-state index in [1.54, 1.807) is 0 Å². The maximum absolute atomic E-state index is 15.8. The van der Waals surface area contributed by atoms with Crippen molar-refractivity contribution < 1.29 is 24.8 Å². The lowest BCUT2D eigenvalue weighted by atomic mass is 9.58. The normalized spacial score (nSPS) is 17.9. The molecule has 360 valence electrons. The van der Waals surface area contributed by atoms with Gasteiger partial charge < -0.3 is 24.8 Å². The molecule has 1 aliphatic rings. The van der Waals surface area contributed by atoms with Crippen molar-refractivity contribution in [2.75, 3.05) is 0 Å². The van der Waals surface area contributed by atoms with Gasteiger partial charge in [-0.1, -0.05) is 249 Å². The van der Waals surface area contributed by atoms with Crippen LogP contribution in [0.1, 0.15) is 53.6 Å². The molecule has 0 saturated carbocycles. The maximum atomic E-state index is 15.8. The molecule has 1 aliphatic heterocycles. The lowest BCUT2D eigenvalue weighted by molar-refractivity contribution is -0.225. The third kappa shape index (κ3) is 6.96. The number of fused-ring (bicyclic) bond motifs is 6.